The summed E-state index contributed by atoms with van der Waals surface area (Å²) in [5.74, 6) is -1.80. The van der Waals surface area contributed by atoms with E-state index in [9.17, 15) is 33.9 Å². The summed E-state index contributed by atoms with van der Waals surface area (Å²) in [6, 6.07) is 33.3. The molecule has 1 fully saturated rings. The van der Waals surface area contributed by atoms with Gasteiger partial charge in [0.25, 0.3) is 0 Å². The largest absolute Gasteiger partial charge is 0.461 e. The van der Waals surface area contributed by atoms with Crippen molar-refractivity contribution in [2.24, 2.45) is 4.99 Å². The third-order valence-corrected chi connectivity index (χ3v) is 12.1. The van der Waals surface area contributed by atoms with Gasteiger partial charge < -0.3 is 34.3 Å². The smallest absolute Gasteiger partial charge is 0.435 e. The zero-order chi connectivity index (χ0) is 49.0. The lowest BCUT2D eigenvalue weighted by Crippen LogP contribution is -2.56. The van der Waals surface area contributed by atoms with Crippen molar-refractivity contribution in [2.45, 2.75) is 89.5 Å². The van der Waals surface area contributed by atoms with Gasteiger partial charge in [-0.3, -0.25) is 19.8 Å². The fraction of sp³-hybridized carbons (Fsp3) is 0.333. The molecule has 0 spiro atoms. The maximum absolute atomic E-state index is 14.6. The van der Waals surface area contributed by atoms with Crippen molar-refractivity contribution >= 4 is 53.2 Å². The van der Waals surface area contributed by atoms with E-state index >= 15 is 0 Å². The number of aliphatic hydroxyl groups is 1. The summed E-state index contributed by atoms with van der Waals surface area (Å²) in [4.78, 5) is 92.1. The van der Waals surface area contributed by atoms with Gasteiger partial charge in [0.15, 0.2) is 5.69 Å². The molecule has 4 aromatic carbocycles. The van der Waals surface area contributed by atoms with Crippen LogP contribution < -0.4 is 10.6 Å². The zero-order valence-corrected chi connectivity index (χ0v) is 39.3. The first-order valence-corrected chi connectivity index (χ1v) is 23.5. The van der Waals surface area contributed by atoms with Crippen LogP contribution in [-0.2, 0) is 54.8 Å². The van der Waals surface area contributed by atoms with Gasteiger partial charge in [0, 0.05) is 31.8 Å². The number of amidine groups is 1. The number of thiazole rings is 1. The van der Waals surface area contributed by atoms with E-state index in [-0.39, 0.29) is 75.2 Å². The molecule has 6 rings (SSSR count). The van der Waals surface area contributed by atoms with Gasteiger partial charge >= 0.3 is 24.2 Å². The van der Waals surface area contributed by atoms with E-state index in [0.717, 1.165) is 33.6 Å². The van der Waals surface area contributed by atoms with Crippen molar-refractivity contribution in [3.05, 3.63) is 160 Å². The highest BCUT2D eigenvalue weighted by atomic mass is 32.1. The predicted octanol–water partition coefficient (Wildman–Crippen LogP) is 7.54. The first-order chi connectivity index (χ1) is 33.5. The average molecular weight is 961 g/mol. The number of amides is 5. The number of nitrogens with zero attached hydrogens (tertiary/aromatic N) is 4. The van der Waals surface area contributed by atoms with Crippen LogP contribution in [0.15, 0.2) is 132 Å². The van der Waals surface area contributed by atoms with E-state index in [4.69, 9.17) is 18.9 Å². The lowest BCUT2D eigenvalue weighted by molar-refractivity contribution is -0.142. The molecule has 1 aliphatic rings. The average Bonchev–Trinajstić information content (AvgIpc) is 4.08. The molecule has 0 radical (unpaired) electrons. The molecule has 0 bridgehead atoms. The SMILES string of the molecule is CCOC(=O)c1csc(C(O)[C@H](CCC/C(=N/C(=O)OCc2ccccc2)NC(=O)OCc2ccccc2)NC(=O)[C@@H]2CCCN2C(=O)[C@@H](Cc2ccccc2)N(C)C(=O)OCc2ccccc2)n1. The standard InChI is InChI=1S/C51H56N6O11S/c1-3-65-48(61)40-34-69-46(53-40)44(58)39(26-16-28-43(54-49(62)66-31-36-20-10-5-11-21-36)55-50(63)67-32-37-22-12-6-13-23-37)52-45(59)41-27-17-29-57(41)47(60)42(30-35-18-8-4-9-19-35)56(2)51(64)68-33-38-24-14-7-15-25-38/h4-15,18-25,34,39,41-42,44,58H,3,16-17,26-33H2,1-2H3,(H,52,59)(H,54,55,62,63)/t39-,41-,42+,44?/m0/s1. The number of likely N-dealkylation sites (N-methyl/N-ethyl adjacent to an activating group) is 1. The van der Waals surface area contributed by atoms with Gasteiger partial charge in [0.1, 0.15) is 48.9 Å². The molecular formula is C51H56N6O11S. The van der Waals surface area contributed by atoms with Gasteiger partial charge in [-0.15, -0.1) is 11.3 Å². The molecule has 1 aliphatic heterocycles. The summed E-state index contributed by atoms with van der Waals surface area (Å²) >= 11 is 0.996. The van der Waals surface area contributed by atoms with Crippen molar-refractivity contribution in [2.75, 3.05) is 20.2 Å². The summed E-state index contributed by atoms with van der Waals surface area (Å²) in [5, 5.41) is 18.9. The number of hydrogen-bond donors (Lipinski definition) is 3. The number of nitrogens with one attached hydrogen (secondary N) is 2. The number of benzene rings is 4. The van der Waals surface area contributed by atoms with Gasteiger partial charge in [-0.25, -0.2) is 24.2 Å². The topological polar surface area (TPSA) is 215 Å². The number of aliphatic hydroxyl groups excluding tert-OH is 1. The number of aliphatic imine (C=N–C) groups is 1. The van der Waals surface area contributed by atoms with E-state index in [1.807, 2.05) is 72.8 Å². The van der Waals surface area contributed by atoms with Crippen LogP contribution in [0, 0.1) is 0 Å². The number of hydrogen-bond acceptors (Lipinski definition) is 13. The number of aromatic nitrogens is 1. The summed E-state index contributed by atoms with van der Waals surface area (Å²) in [6.07, 6.45) is -2.97. The molecule has 69 heavy (non-hydrogen) atoms. The number of carbonyl (C=O) groups is 6. The van der Waals surface area contributed by atoms with E-state index < -0.39 is 60.3 Å². The maximum Gasteiger partial charge on any atom is 0.435 e. The van der Waals surface area contributed by atoms with E-state index in [1.165, 1.54) is 22.2 Å². The monoisotopic (exact) mass is 960 g/mol. The second-order valence-corrected chi connectivity index (χ2v) is 17.0. The normalized spacial score (nSPS) is 14.7. The third kappa shape index (κ3) is 15.6. The Labute approximate surface area is 404 Å². The van der Waals surface area contributed by atoms with Gasteiger partial charge in [0.05, 0.1) is 12.6 Å². The second-order valence-electron chi connectivity index (χ2n) is 16.1. The van der Waals surface area contributed by atoms with Crippen LogP contribution in [-0.4, -0.2) is 100 Å². The molecule has 5 amide bonds. The Morgan fingerprint density at radius 3 is 1.96 bits per heavy atom. The van der Waals surface area contributed by atoms with Crippen molar-refractivity contribution in [3.63, 3.8) is 0 Å². The molecule has 5 aromatic rings. The summed E-state index contributed by atoms with van der Waals surface area (Å²) in [6.45, 7) is 1.86. The Kier molecular flexibility index (Phi) is 19.3. The van der Waals surface area contributed by atoms with Crippen LogP contribution in [0.4, 0.5) is 14.4 Å². The molecule has 1 unspecified atom stereocenters. The molecule has 1 aromatic heterocycles. The van der Waals surface area contributed by atoms with Crippen molar-refractivity contribution in [1.29, 1.82) is 0 Å². The molecule has 4 atom stereocenters. The summed E-state index contributed by atoms with van der Waals surface area (Å²) in [5.41, 5.74) is 3.00. The summed E-state index contributed by atoms with van der Waals surface area (Å²) < 4.78 is 21.5. The Hall–Kier alpha value is -7.44. The molecule has 0 saturated carbocycles. The minimum absolute atomic E-state index is 0.00476. The quantitative estimate of drug-likeness (QED) is 0.0299. The predicted molar refractivity (Wildman–Crippen MR) is 256 cm³/mol. The first kappa shape index (κ1) is 51.0. The molecular weight excluding hydrogens is 905 g/mol. The number of rotatable bonds is 20. The van der Waals surface area contributed by atoms with Gasteiger partial charge in [-0.2, -0.15) is 4.99 Å². The fourth-order valence-corrected chi connectivity index (χ4v) is 8.36. The van der Waals surface area contributed by atoms with E-state index in [2.05, 4.69) is 20.6 Å². The first-order valence-electron chi connectivity index (χ1n) is 22.6. The Morgan fingerprint density at radius 1 is 0.797 bits per heavy atom. The minimum Gasteiger partial charge on any atom is -0.461 e. The zero-order valence-electron chi connectivity index (χ0n) is 38.4. The van der Waals surface area contributed by atoms with Crippen LogP contribution in [0.1, 0.15) is 82.9 Å². The second kappa shape index (κ2) is 26.2. The number of esters is 1. The minimum atomic E-state index is -1.45. The third-order valence-electron chi connectivity index (χ3n) is 11.1. The number of ether oxygens (including phenoxy) is 4. The van der Waals surface area contributed by atoms with E-state index in [1.54, 1.807) is 55.5 Å². The van der Waals surface area contributed by atoms with Crippen LogP contribution in [0.25, 0.3) is 0 Å². The molecule has 1 saturated heterocycles. The molecule has 362 valence electrons. The Bertz CT molecular complexity index is 2490. The number of carbonyl (C=O) groups excluding carboxylic acids is 6. The van der Waals surface area contributed by atoms with Crippen molar-refractivity contribution in [3.8, 4) is 0 Å². The Morgan fingerprint density at radius 2 is 1.36 bits per heavy atom. The highest BCUT2D eigenvalue weighted by molar-refractivity contribution is 7.09. The molecule has 17 nitrogen and oxygen atoms in total. The maximum atomic E-state index is 14.6. The van der Waals surface area contributed by atoms with Crippen LogP contribution in [0.3, 0.4) is 0 Å². The van der Waals surface area contributed by atoms with E-state index in [0.29, 0.717) is 12.8 Å². The molecule has 2 heterocycles. The Balaban J connectivity index is 1.19. The van der Waals surface area contributed by atoms with Gasteiger partial charge in [0.2, 0.25) is 11.8 Å². The van der Waals surface area contributed by atoms with Crippen LogP contribution >= 0.6 is 11.3 Å². The van der Waals surface area contributed by atoms with Crippen molar-refractivity contribution < 1.29 is 52.8 Å². The van der Waals surface area contributed by atoms with Crippen LogP contribution in [0.2, 0.25) is 0 Å². The van der Waals surface area contributed by atoms with Crippen molar-refractivity contribution in [1.82, 2.24) is 25.4 Å². The molecule has 3 N–H and O–H groups in total. The number of likely N-dealkylation sites (tertiary alicyclic amines) is 1. The number of alkyl carbamates (subject to hydrolysis) is 1. The fourth-order valence-electron chi connectivity index (χ4n) is 7.53. The van der Waals surface area contributed by atoms with Gasteiger partial charge in [-0.1, -0.05) is 121 Å². The highest BCUT2D eigenvalue weighted by Crippen LogP contribution is 2.27. The molecule has 18 heteroatoms. The van der Waals surface area contributed by atoms with Gasteiger partial charge in [-0.05, 0) is 54.9 Å². The highest BCUT2D eigenvalue weighted by Gasteiger charge is 2.41. The summed E-state index contributed by atoms with van der Waals surface area (Å²) in [7, 11) is 1.49. The lowest BCUT2D eigenvalue weighted by atomic mass is 10.0. The van der Waals surface area contributed by atoms with Crippen LogP contribution in [0.5, 0.6) is 0 Å². The lowest BCUT2D eigenvalue weighted by Gasteiger charge is -2.33. The molecule has 0 aliphatic carbocycles.